The van der Waals surface area contributed by atoms with Crippen molar-refractivity contribution in [2.24, 2.45) is 0 Å². The van der Waals surface area contributed by atoms with E-state index in [9.17, 15) is 0 Å². The van der Waals surface area contributed by atoms with Gasteiger partial charge in [0.05, 0.1) is 11.2 Å². The van der Waals surface area contributed by atoms with Crippen molar-refractivity contribution in [2.75, 3.05) is 0 Å². The van der Waals surface area contributed by atoms with Crippen LogP contribution < -0.4 is 0 Å². The number of hydrogen-bond donors (Lipinski definition) is 0. The lowest BCUT2D eigenvalue weighted by molar-refractivity contribution is 1.43. The van der Waals surface area contributed by atoms with E-state index in [1.807, 2.05) is 11.3 Å². The maximum absolute atomic E-state index is 5.29. The predicted molar refractivity (Wildman–Crippen MR) is 203 cm³/mol. The average molecular weight is 614 g/mol. The van der Waals surface area contributed by atoms with Gasteiger partial charge < -0.3 is 0 Å². The van der Waals surface area contributed by atoms with E-state index in [0.717, 1.165) is 16.8 Å². The molecule has 0 aliphatic heterocycles. The smallest absolute Gasteiger partial charge is 0.0788 e. The molecule has 10 rings (SSSR count). The minimum absolute atomic E-state index is 1.02. The zero-order valence-corrected chi connectivity index (χ0v) is 26.3. The molecule has 0 bridgehead atoms. The highest BCUT2D eigenvalue weighted by Crippen LogP contribution is 2.43. The molecule has 2 heteroatoms. The van der Waals surface area contributed by atoms with Crippen LogP contribution in [0.4, 0.5) is 0 Å². The fraction of sp³-hybridized carbons (Fsp3) is 0. The summed E-state index contributed by atoms with van der Waals surface area (Å²) in [7, 11) is 0. The fourth-order valence-electron chi connectivity index (χ4n) is 7.30. The second kappa shape index (κ2) is 10.3. The maximum Gasteiger partial charge on any atom is 0.0788 e. The van der Waals surface area contributed by atoms with Crippen LogP contribution in [0.15, 0.2) is 164 Å². The van der Waals surface area contributed by atoms with Crippen molar-refractivity contribution in [2.45, 2.75) is 0 Å². The third-order valence-electron chi connectivity index (χ3n) is 9.60. The summed E-state index contributed by atoms with van der Waals surface area (Å²) >= 11 is 1.87. The number of para-hydroxylation sites is 1. The summed E-state index contributed by atoms with van der Waals surface area (Å²) < 4.78 is 2.63. The SMILES string of the molecule is c1cc(-c2ccc3cc(-c4ccc5ccccc5c4)ccc3c2)cc(-c2nc3ccccc3c3c2ccc2sc4ccccc4c23)c1. The lowest BCUT2D eigenvalue weighted by Crippen LogP contribution is -1.91. The fourth-order valence-corrected chi connectivity index (χ4v) is 8.41. The Hall–Kier alpha value is -5.83. The molecule has 0 saturated carbocycles. The summed E-state index contributed by atoms with van der Waals surface area (Å²) in [6, 6.07) is 59.7. The molecule has 0 radical (unpaired) electrons. The predicted octanol–water partition coefficient (Wildman–Crippen LogP) is 13.1. The van der Waals surface area contributed by atoms with Crippen molar-refractivity contribution in [3.63, 3.8) is 0 Å². The highest BCUT2D eigenvalue weighted by Gasteiger charge is 2.16. The standard InChI is InChI=1S/C45H27NS/c1-2-9-29-24-32(17-16-28(29)8-1)34-21-20-33-25-31(18-19-35(33)26-34)30-10-7-11-36(27-30)45-39-22-23-42-44(38-13-4-6-15-41(38)47-42)43(39)37-12-3-5-14-40(37)46-45/h1-27H. The lowest BCUT2D eigenvalue weighted by atomic mass is 9.94. The zero-order chi connectivity index (χ0) is 30.9. The second-order valence-electron chi connectivity index (χ2n) is 12.4. The molecule has 10 aromatic rings. The molecule has 2 heterocycles. The number of benzene rings is 8. The molecule has 1 nitrogen and oxygen atoms in total. The summed E-state index contributed by atoms with van der Waals surface area (Å²) in [5, 5.41) is 11.3. The van der Waals surface area contributed by atoms with Gasteiger partial charge in [-0.15, -0.1) is 11.3 Å². The summed E-state index contributed by atoms with van der Waals surface area (Å²) in [6.07, 6.45) is 0. The van der Waals surface area contributed by atoms with Gasteiger partial charge in [0.2, 0.25) is 0 Å². The van der Waals surface area contributed by atoms with E-state index in [-0.39, 0.29) is 0 Å². The van der Waals surface area contributed by atoms with Gasteiger partial charge in [-0.05, 0) is 86.3 Å². The van der Waals surface area contributed by atoms with Crippen LogP contribution >= 0.6 is 11.3 Å². The van der Waals surface area contributed by atoms with E-state index in [0.29, 0.717) is 0 Å². The van der Waals surface area contributed by atoms with Gasteiger partial charge in [0.1, 0.15) is 0 Å². The Morgan fingerprint density at radius 1 is 0.340 bits per heavy atom. The normalized spacial score (nSPS) is 11.8. The molecule has 0 saturated heterocycles. The molecule has 218 valence electrons. The van der Waals surface area contributed by atoms with E-state index >= 15 is 0 Å². The Morgan fingerprint density at radius 3 is 1.72 bits per heavy atom. The van der Waals surface area contributed by atoms with Crippen LogP contribution in [0.3, 0.4) is 0 Å². The van der Waals surface area contributed by atoms with Gasteiger partial charge in [-0.25, -0.2) is 4.98 Å². The number of hydrogen-bond acceptors (Lipinski definition) is 2. The minimum Gasteiger partial charge on any atom is -0.247 e. The van der Waals surface area contributed by atoms with Crippen molar-refractivity contribution >= 4 is 74.7 Å². The molecule has 47 heavy (non-hydrogen) atoms. The van der Waals surface area contributed by atoms with Crippen LogP contribution in [0.25, 0.3) is 96.9 Å². The summed E-state index contributed by atoms with van der Waals surface area (Å²) in [5.41, 5.74) is 8.05. The first-order valence-electron chi connectivity index (χ1n) is 16.0. The van der Waals surface area contributed by atoms with Gasteiger partial charge >= 0.3 is 0 Å². The van der Waals surface area contributed by atoms with Crippen molar-refractivity contribution < 1.29 is 0 Å². The number of fused-ring (bicyclic) bond motifs is 9. The lowest BCUT2D eigenvalue weighted by Gasteiger charge is -2.13. The van der Waals surface area contributed by atoms with E-state index in [2.05, 4.69) is 164 Å². The first-order chi connectivity index (χ1) is 23.3. The van der Waals surface area contributed by atoms with Gasteiger partial charge in [0.25, 0.3) is 0 Å². The van der Waals surface area contributed by atoms with Crippen LogP contribution in [-0.2, 0) is 0 Å². The Kier molecular flexibility index (Phi) is 5.81. The molecular weight excluding hydrogens is 587 g/mol. The molecule has 2 aromatic heterocycles. The first-order valence-corrected chi connectivity index (χ1v) is 16.9. The topological polar surface area (TPSA) is 12.9 Å². The van der Waals surface area contributed by atoms with Crippen LogP contribution in [-0.4, -0.2) is 4.98 Å². The Morgan fingerprint density at radius 2 is 0.936 bits per heavy atom. The average Bonchev–Trinajstić information content (AvgIpc) is 3.53. The molecule has 0 aliphatic rings. The quantitative estimate of drug-likeness (QED) is 0.181. The van der Waals surface area contributed by atoms with Crippen molar-refractivity contribution in [1.82, 2.24) is 4.98 Å². The molecule has 0 unspecified atom stereocenters. The first kappa shape index (κ1) is 26.4. The monoisotopic (exact) mass is 613 g/mol. The van der Waals surface area contributed by atoms with Gasteiger partial charge in [-0.2, -0.15) is 0 Å². The number of pyridine rings is 1. The van der Waals surface area contributed by atoms with Crippen molar-refractivity contribution in [3.05, 3.63) is 164 Å². The van der Waals surface area contributed by atoms with Crippen molar-refractivity contribution in [1.29, 1.82) is 0 Å². The molecule has 8 aromatic carbocycles. The molecule has 0 fully saturated rings. The Balaban J connectivity index is 1.10. The van der Waals surface area contributed by atoms with Crippen LogP contribution in [0.5, 0.6) is 0 Å². The summed E-state index contributed by atoms with van der Waals surface area (Å²) in [4.78, 5) is 5.29. The number of rotatable bonds is 3. The van der Waals surface area contributed by atoms with E-state index in [4.69, 9.17) is 4.98 Å². The van der Waals surface area contributed by atoms with Crippen LogP contribution in [0.1, 0.15) is 0 Å². The van der Waals surface area contributed by atoms with Gasteiger partial charge in [-0.1, -0.05) is 121 Å². The Labute approximate surface area is 276 Å². The molecule has 0 N–H and O–H groups in total. The molecule has 0 amide bonds. The minimum atomic E-state index is 1.02. The van der Waals surface area contributed by atoms with E-state index in [1.165, 1.54) is 80.1 Å². The maximum atomic E-state index is 5.29. The van der Waals surface area contributed by atoms with Gasteiger partial charge in [0.15, 0.2) is 0 Å². The summed E-state index contributed by atoms with van der Waals surface area (Å²) in [6.45, 7) is 0. The molecule has 0 spiro atoms. The van der Waals surface area contributed by atoms with Gasteiger partial charge in [0, 0.05) is 41.9 Å². The largest absolute Gasteiger partial charge is 0.247 e. The summed E-state index contributed by atoms with van der Waals surface area (Å²) in [5.74, 6) is 0. The number of nitrogens with zero attached hydrogens (tertiary/aromatic N) is 1. The zero-order valence-electron chi connectivity index (χ0n) is 25.4. The highest BCUT2D eigenvalue weighted by atomic mass is 32.1. The van der Waals surface area contributed by atoms with Crippen LogP contribution in [0, 0.1) is 0 Å². The second-order valence-corrected chi connectivity index (χ2v) is 13.4. The van der Waals surface area contributed by atoms with Crippen molar-refractivity contribution in [3.8, 4) is 33.5 Å². The third kappa shape index (κ3) is 4.26. The molecular formula is C45H27NS. The van der Waals surface area contributed by atoms with Gasteiger partial charge in [-0.3, -0.25) is 0 Å². The molecule has 0 atom stereocenters. The van der Waals surface area contributed by atoms with E-state index in [1.54, 1.807) is 0 Å². The number of aromatic nitrogens is 1. The number of thiophene rings is 1. The Bertz CT molecular complexity index is 2860. The molecule has 0 aliphatic carbocycles. The van der Waals surface area contributed by atoms with E-state index < -0.39 is 0 Å². The third-order valence-corrected chi connectivity index (χ3v) is 10.7. The highest BCUT2D eigenvalue weighted by molar-refractivity contribution is 7.26. The van der Waals surface area contributed by atoms with Crippen LogP contribution in [0.2, 0.25) is 0 Å².